The Bertz CT molecular complexity index is 3660. The molecule has 0 spiro atoms. The number of nitrogens with zero attached hydrogens (tertiary/aromatic N) is 1. The van der Waals surface area contributed by atoms with Gasteiger partial charge in [0.1, 0.15) is 0 Å². The highest BCUT2D eigenvalue weighted by Gasteiger charge is 2.19. The first-order chi connectivity index (χ1) is 32.7. The predicted molar refractivity (Wildman–Crippen MR) is 284 cm³/mol. The quantitative estimate of drug-likeness (QED) is 0.140. The largest absolute Gasteiger partial charge is 0.310 e. The molecule has 0 amide bonds. The van der Waals surface area contributed by atoms with E-state index in [0.717, 1.165) is 17.1 Å². The van der Waals surface area contributed by atoms with Crippen LogP contribution in [-0.4, -0.2) is 0 Å². The number of benzene rings is 11. The minimum Gasteiger partial charge on any atom is -0.310 e. The van der Waals surface area contributed by atoms with Gasteiger partial charge >= 0.3 is 0 Å². The number of thiophene rings is 1. The van der Waals surface area contributed by atoms with Crippen molar-refractivity contribution in [2.75, 3.05) is 4.90 Å². The molecule has 0 aliphatic heterocycles. The van der Waals surface area contributed by atoms with Gasteiger partial charge in [-0.2, -0.15) is 0 Å². The molecular weight excluding hydrogens is 815 g/mol. The molecule has 0 saturated carbocycles. The lowest BCUT2D eigenvalue weighted by molar-refractivity contribution is 1.28. The summed E-state index contributed by atoms with van der Waals surface area (Å²) < 4.78 is 2.63. The summed E-state index contributed by atoms with van der Waals surface area (Å²) in [5.74, 6) is 0. The number of hydrogen-bond acceptors (Lipinski definition) is 2. The second-order valence-electron chi connectivity index (χ2n) is 16.9. The highest BCUT2D eigenvalue weighted by molar-refractivity contribution is 7.25. The van der Waals surface area contributed by atoms with E-state index in [-0.39, 0.29) is 0 Å². The average molecular weight is 858 g/mol. The van der Waals surface area contributed by atoms with Crippen LogP contribution in [0.15, 0.2) is 261 Å². The van der Waals surface area contributed by atoms with Crippen LogP contribution in [0, 0.1) is 0 Å². The van der Waals surface area contributed by atoms with Crippen molar-refractivity contribution in [1.82, 2.24) is 0 Å². The molecule has 0 N–H and O–H groups in total. The van der Waals surface area contributed by atoms with Crippen LogP contribution in [0.3, 0.4) is 0 Å². The molecule has 310 valence electrons. The Labute approximate surface area is 389 Å². The van der Waals surface area contributed by atoms with Crippen LogP contribution < -0.4 is 4.90 Å². The first-order valence-electron chi connectivity index (χ1n) is 22.6. The molecule has 12 aromatic rings. The van der Waals surface area contributed by atoms with Crippen molar-refractivity contribution in [2.45, 2.75) is 0 Å². The maximum absolute atomic E-state index is 2.40. The summed E-state index contributed by atoms with van der Waals surface area (Å²) in [5, 5.41) is 5.15. The topological polar surface area (TPSA) is 3.24 Å². The molecule has 0 bridgehead atoms. The predicted octanol–water partition coefficient (Wildman–Crippen LogP) is 18.7. The lowest BCUT2D eigenvalue weighted by atomic mass is 9.96. The zero-order valence-electron chi connectivity index (χ0n) is 36.2. The van der Waals surface area contributed by atoms with Gasteiger partial charge < -0.3 is 4.90 Å². The van der Waals surface area contributed by atoms with Crippen LogP contribution in [0.1, 0.15) is 0 Å². The fourth-order valence-corrected chi connectivity index (χ4v) is 10.7. The minimum absolute atomic E-state index is 1.09. The molecule has 11 aromatic carbocycles. The third-order valence-corrected chi connectivity index (χ3v) is 14.0. The average Bonchev–Trinajstić information content (AvgIpc) is 3.79. The Morgan fingerprint density at radius 1 is 0.258 bits per heavy atom. The monoisotopic (exact) mass is 857 g/mol. The van der Waals surface area contributed by atoms with Crippen molar-refractivity contribution < 1.29 is 0 Å². The lowest BCUT2D eigenvalue weighted by Gasteiger charge is -2.28. The molecule has 0 aliphatic rings. The third-order valence-electron chi connectivity index (χ3n) is 12.9. The summed E-state index contributed by atoms with van der Waals surface area (Å²) in [6.07, 6.45) is 0. The van der Waals surface area contributed by atoms with Gasteiger partial charge in [0.15, 0.2) is 0 Å². The van der Waals surface area contributed by atoms with Gasteiger partial charge in [0, 0.05) is 37.1 Å². The fourth-order valence-electron chi connectivity index (χ4n) is 9.52. The van der Waals surface area contributed by atoms with E-state index in [1.54, 1.807) is 0 Å². The molecule has 2 heteroatoms. The molecule has 1 nitrogen and oxygen atoms in total. The third kappa shape index (κ3) is 7.44. The molecule has 12 rings (SSSR count). The van der Waals surface area contributed by atoms with E-state index in [0.29, 0.717) is 0 Å². The summed E-state index contributed by atoms with van der Waals surface area (Å²) in [7, 11) is 0. The van der Waals surface area contributed by atoms with Crippen molar-refractivity contribution in [3.05, 3.63) is 261 Å². The zero-order valence-corrected chi connectivity index (χ0v) is 37.0. The van der Waals surface area contributed by atoms with Crippen molar-refractivity contribution >= 4 is 59.3 Å². The Hall–Kier alpha value is -8.30. The molecule has 0 aliphatic carbocycles. The van der Waals surface area contributed by atoms with E-state index in [4.69, 9.17) is 0 Å². The number of fused-ring (bicyclic) bond motifs is 4. The molecule has 1 heterocycles. The summed E-state index contributed by atoms with van der Waals surface area (Å²) in [4.78, 5) is 2.40. The highest BCUT2D eigenvalue weighted by atomic mass is 32.1. The van der Waals surface area contributed by atoms with E-state index in [1.807, 2.05) is 11.3 Å². The van der Waals surface area contributed by atoms with Crippen molar-refractivity contribution in [2.24, 2.45) is 0 Å². The van der Waals surface area contributed by atoms with Crippen molar-refractivity contribution in [3.8, 4) is 66.8 Å². The van der Waals surface area contributed by atoms with Crippen LogP contribution in [0.2, 0.25) is 0 Å². The standard InChI is InChI=1S/C64H43NS/c1-2-12-44(13-3-1)46-28-31-50(32-29-46)58-18-6-8-21-61(58)65(57-40-36-51(37-41-57)59-20-11-23-63-64(59)60-19-7-9-22-62(60)66-63)56-38-34-48(35-39-56)47-24-26-49(27-25-47)53-16-10-17-54(42-53)55-33-30-45-14-4-5-15-52(45)43-55/h1-43H. The summed E-state index contributed by atoms with van der Waals surface area (Å²) in [6, 6.07) is 95.1. The SMILES string of the molecule is c1ccc(-c2ccc(-c3ccccc3N(c3ccc(-c4ccc(-c5cccc(-c6ccc7ccccc7c6)c5)cc4)cc3)c3ccc(-c4cccc5sc6ccccc6c45)cc3)cc2)cc1. The smallest absolute Gasteiger partial charge is 0.0540 e. The van der Waals surface area contributed by atoms with Gasteiger partial charge in [0.25, 0.3) is 0 Å². The lowest BCUT2D eigenvalue weighted by Crippen LogP contribution is -2.11. The number of anilines is 3. The molecule has 1 aromatic heterocycles. The van der Waals surface area contributed by atoms with Gasteiger partial charge in [0.2, 0.25) is 0 Å². The van der Waals surface area contributed by atoms with Gasteiger partial charge in [0.05, 0.1) is 5.69 Å². The molecule has 0 radical (unpaired) electrons. The van der Waals surface area contributed by atoms with Crippen LogP contribution in [0.25, 0.3) is 97.7 Å². The van der Waals surface area contributed by atoms with Gasteiger partial charge in [-0.1, -0.05) is 206 Å². The van der Waals surface area contributed by atoms with Crippen LogP contribution in [0.5, 0.6) is 0 Å². The van der Waals surface area contributed by atoms with E-state index in [2.05, 4.69) is 266 Å². The first-order valence-corrected chi connectivity index (χ1v) is 23.4. The first kappa shape index (κ1) is 39.3. The summed E-state index contributed by atoms with van der Waals surface area (Å²) in [5.41, 5.74) is 17.7. The number of para-hydroxylation sites is 1. The summed E-state index contributed by atoms with van der Waals surface area (Å²) in [6.45, 7) is 0. The summed E-state index contributed by atoms with van der Waals surface area (Å²) >= 11 is 1.86. The Morgan fingerprint density at radius 2 is 0.697 bits per heavy atom. The van der Waals surface area contributed by atoms with E-state index < -0.39 is 0 Å². The van der Waals surface area contributed by atoms with Crippen molar-refractivity contribution in [3.63, 3.8) is 0 Å². The normalized spacial score (nSPS) is 11.3. The Morgan fingerprint density at radius 3 is 1.42 bits per heavy atom. The number of rotatable bonds is 9. The highest BCUT2D eigenvalue weighted by Crippen LogP contribution is 2.44. The molecule has 0 unspecified atom stereocenters. The minimum atomic E-state index is 1.09. The Balaban J connectivity index is 0.891. The van der Waals surface area contributed by atoms with E-state index in [9.17, 15) is 0 Å². The van der Waals surface area contributed by atoms with Gasteiger partial charge in [-0.15, -0.1) is 11.3 Å². The maximum atomic E-state index is 2.40. The van der Waals surface area contributed by atoms with Crippen LogP contribution in [-0.2, 0) is 0 Å². The van der Waals surface area contributed by atoms with Crippen LogP contribution in [0.4, 0.5) is 17.1 Å². The van der Waals surface area contributed by atoms with E-state index in [1.165, 1.54) is 97.7 Å². The van der Waals surface area contributed by atoms with Crippen molar-refractivity contribution in [1.29, 1.82) is 0 Å². The molecule has 66 heavy (non-hydrogen) atoms. The molecule has 0 fully saturated rings. The Kier molecular flexibility index (Phi) is 10.1. The maximum Gasteiger partial charge on any atom is 0.0540 e. The van der Waals surface area contributed by atoms with Gasteiger partial charge in [-0.25, -0.2) is 0 Å². The fraction of sp³-hybridized carbons (Fsp3) is 0. The zero-order chi connectivity index (χ0) is 43.8. The van der Waals surface area contributed by atoms with E-state index >= 15 is 0 Å². The van der Waals surface area contributed by atoms with Gasteiger partial charge in [-0.3, -0.25) is 0 Å². The van der Waals surface area contributed by atoms with Crippen LogP contribution >= 0.6 is 11.3 Å². The van der Waals surface area contributed by atoms with Gasteiger partial charge in [-0.05, 0) is 127 Å². The number of hydrogen-bond donors (Lipinski definition) is 0. The second kappa shape index (κ2) is 17.0. The second-order valence-corrected chi connectivity index (χ2v) is 18.0. The molecule has 0 atom stereocenters. The molecule has 0 saturated heterocycles. The molecular formula is C64H43NS.